The number of nitro benzene ring substituents is 1. The van der Waals surface area contributed by atoms with Gasteiger partial charge in [0.1, 0.15) is 19.0 Å². The second kappa shape index (κ2) is 11.2. The molecule has 0 N–H and O–H groups in total. The van der Waals surface area contributed by atoms with Crippen LogP contribution in [0.2, 0.25) is 0 Å². The summed E-state index contributed by atoms with van der Waals surface area (Å²) in [5, 5.41) is 11.7. The number of benzene rings is 2. The number of ketones is 1. The molecule has 0 heterocycles. The maximum atomic E-state index is 13.1. The number of ether oxygens (including phenoxy) is 2. The molecule has 2 aromatic rings. The van der Waals surface area contributed by atoms with Crippen LogP contribution in [0.5, 0.6) is 11.5 Å². The molecular weight excluding hydrogens is 422 g/mol. The Balaban J connectivity index is 1.81. The Morgan fingerprint density at radius 2 is 1.36 bits per heavy atom. The highest BCUT2D eigenvalue weighted by atomic mass is 16.6. The summed E-state index contributed by atoms with van der Waals surface area (Å²) in [4.78, 5) is 28.8. The van der Waals surface area contributed by atoms with Gasteiger partial charge in [-0.15, -0.1) is 0 Å². The van der Waals surface area contributed by atoms with E-state index < -0.39 is 4.92 Å². The number of hydrogen-bond acceptors (Lipinski definition) is 7. The number of hydrogen-bond donors (Lipinski definition) is 0. The summed E-state index contributed by atoms with van der Waals surface area (Å²) < 4.78 is 11.6. The van der Waals surface area contributed by atoms with Crippen molar-refractivity contribution in [2.45, 2.75) is 27.7 Å². The number of rotatable bonds is 13. The van der Waals surface area contributed by atoms with Gasteiger partial charge in [-0.05, 0) is 56.0 Å². The molecule has 8 heteroatoms. The van der Waals surface area contributed by atoms with E-state index >= 15 is 0 Å². The minimum atomic E-state index is -0.458. The summed E-state index contributed by atoms with van der Waals surface area (Å²) in [6.07, 6.45) is 0. The van der Waals surface area contributed by atoms with E-state index in [-0.39, 0.29) is 17.2 Å². The van der Waals surface area contributed by atoms with Gasteiger partial charge in [0.05, 0.1) is 4.92 Å². The molecule has 1 aliphatic carbocycles. The molecule has 2 aromatic carbocycles. The van der Waals surface area contributed by atoms with Gasteiger partial charge < -0.3 is 19.3 Å². The number of nitro groups is 1. The van der Waals surface area contributed by atoms with Crippen LogP contribution in [0.4, 0.5) is 5.69 Å². The van der Waals surface area contributed by atoms with E-state index in [1.54, 1.807) is 12.1 Å². The summed E-state index contributed by atoms with van der Waals surface area (Å²) >= 11 is 0. The van der Waals surface area contributed by atoms with Crippen molar-refractivity contribution in [1.29, 1.82) is 0 Å². The van der Waals surface area contributed by atoms with Crippen molar-refractivity contribution in [3.63, 3.8) is 0 Å². The van der Waals surface area contributed by atoms with E-state index in [4.69, 9.17) is 9.47 Å². The van der Waals surface area contributed by atoms with E-state index in [1.807, 2.05) is 6.07 Å². The molecule has 8 nitrogen and oxygen atoms in total. The van der Waals surface area contributed by atoms with Crippen LogP contribution in [0.1, 0.15) is 43.6 Å². The maximum absolute atomic E-state index is 13.1. The summed E-state index contributed by atoms with van der Waals surface area (Å²) in [6, 6.07) is 8.30. The third kappa shape index (κ3) is 5.51. The average molecular weight is 456 g/mol. The van der Waals surface area contributed by atoms with Gasteiger partial charge in [-0.25, -0.2) is 0 Å². The molecule has 0 saturated heterocycles. The predicted molar refractivity (Wildman–Crippen MR) is 129 cm³/mol. The number of fused-ring (bicyclic) bond motifs is 3. The van der Waals surface area contributed by atoms with Gasteiger partial charge in [-0.2, -0.15) is 0 Å². The zero-order chi connectivity index (χ0) is 24.0. The Hall–Kier alpha value is -2.97. The van der Waals surface area contributed by atoms with Gasteiger partial charge in [0.2, 0.25) is 0 Å². The molecule has 0 radical (unpaired) electrons. The summed E-state index contributed by atoms with van der Waals surface area (Å²) in [5.41, 5.74) is 2.04. The third-order valence-electron chi connectivity index (χ3n) is 6.20. The zero-order valence-electron chi connectivity index (χ0n) is 19.9. The van der Waals surface area contributed by atoms with Crippen molar-refractivity contribution in [2.24, 2.45) is 0 Å². The van der Waals surface area contributed by atoms with Crippen LogP contribution >= 0.6 is 0 Å². The lowest BCUT2D eigenvalue weighted by molar-refractivity contribution is -0.385. The summed E-state index contributed by atoms with van der Waals surface area (Å²) in [5.74, 6) is 0.577. The van der Waals surface area contributed by atoms with Crippen molar-refractivity contribution in [2.75, 3.05) is 52.5 Å². The van der Waals surface area contributed by atoms with E-state index in [0.29, 0.717) is 47.8 Å². The normalized spacial score (nSPS) is 12.2. The van der Waals surface area contributed by atoms with Crippen LogP contribution in [-0.4, -0.2) is 73.0 Å². The molecule has 0 fully saturated rings. The molecule has 0 aromatic heterocycles. The van der Waals surface area contributed by atoms with Crippen molar-refractivity contribution >= 4 is 11.5 Å². The lowest BCUT2D eigenvalue weighted by Gasteiger charge is -2.18. The first-order valence-corrected chi connectivity index (χ1v) is 11.6. The van der Waals surface area contributed by atoms with Crippen LogP contribution in [0.25, 0.3) is 11.1 Å². The molecule has 0 amide bonds. The van der Waals surface area contributed by atoms with E-state index in [1.165, 1.54) is 12.1 Å². The minimum Gasteiger partial charge on any atom is -0.492 e. The molecule has 0 saturated carbocycles. The lowest BCUT2D eigenvalue weighted by atomic mass is 10.0. The van der Waals surface area contributed by atoms with Gasteiger partial charge in [0, 0.05) is 35.8 Å². The fourth-order valence-electron chi connectivity index (χ4n) is 4.08. The van der Waals surface area contributed by atoms with Gasteiger partial charge in [0.25, 0.3) is 0 Å². The van der Waals surface area contributed by atoms with Crippen LogP contribution in [0.15, 0.2) is 30.3 Å². The second-order valence-corrected chi connectivity index (χ2v) is 7.91. The van der Waals surface area contributed by atoms with Crippen molar-refractivity contribution in [3.8, 4) is 22.6 Å². The molecule has 0 bridgehead atoms. The van der Waals surface area contributed by atoms with Crippen LogP contribution in [0.3, 0.4) is 0 Å². The topological polar surface area (TPSA) is 85.1 Å². The van der Waals surface area contributed by atoms with Gasteiger partial charge in [0.15, 0.2) is 11.5 Å². The first-order chi connectivity index (χ1) is 15.9. The first kappa shape index (κ1) is 24.7. The fourth-order valence-corrected chi connectivity index (χ4v) is 4.08. The fraction of sp³-hybridized carbons (Fsp3) is 0.480. The van der Waals surface area contributed by atoms with E-state index in [2.05, 4.69) is 37.5 Å². The van der Waals surface area contributed by atoms with Gasteiger partial charge in [-0.3, -0.25) is 14.9 Å². The SMILES string of the molecule is CCN(CC)CCOc1ccc2c(c1)C(=O)c1cc(OCCN(CC)CC)c([N+](=O)[O-])cc1-2. The Morgan fingerprint density at radius 1 is 0.788 bits per heavy atom. The molecule has 3 rings (SSSR count). The van der Waals surface area contributed by atoms with Crippen molar-refractivity contribution < 1.29 is 19.2 Å². The number of nitrogens with zero attached hydrogens (tertiary/aromatic N) is 3. The minimum absolute atomic E-state index is 0.128. The Kier molecular flexibility index (Phi) is 8.41. The van der Waals surface area contributed by atoms with Crippen LogP contribution in [-0.2, 0) is 0 Å². The molecule has 0 unspecified atom stereocenters. The highest BCUT2D eigenvalue weighted by Gasteiger charge is 2.32. The Labute approximate surface area is 195 Å². The number of carbonyl (C=O) groups is 1. The Morgan fingerprint density at radius 3 is 1.94 bits per heavy atom. The van der Waals surface area contributed by atoms with Crippen molar-refractivity contribution in [3.05, 3.63) is 51.6 Å². The van der Waals surface area contributed by atoms with Gasteiger partial charge >= 0.3 is 5.69 Å². The van der Waals surface area contributed by atoms with E-state index in [9.17, 15) is 14.9 Å². The van der Waals surface area contributed by atoms with Gasteiger partial charge in [-0.1, -0.05) is 27.7 Å². The molecule has 33 heavy (non-hydrogen) atoms. The molecule has 178 valence electrons. The van der Waals surface area contributed by atoms with E-state index in [0.717, 1.165) is 32.7 Å². The Bertz CT molecular complexity index is 1000. The monoisotopic (exact) mass is 455 g/mol. The van der Waals surface area contributed by atoms with Crippen LogP contribution < -0.4 is 9.47 Å². The molecular formula is C25H33N3O5. The lowest BCUT2D eigenvalue weighted by Crippen LogP contribution is -2.28. The smallest absolute Gasteiger partial charge is 0.311 e. The molecule has 0 atom stereocenters. The summed E-state index contributed by atoms with van der Waals surface area (Å²) in [7, 11) is 0. The third-order valence-corrected chi connectivity index (χ3v) is 6.20. The first-order valence-electron chi connectivity index (χ1n) is 11.6. The maximum Gasteiger partial charge on any atom is 0.311 e. The molecule has 0 spiro atoms. The zero-order valence-corrected chi connectivity index (χ0v) is 19.9. The van der Waals surface area contributed by atoms with Crippen molar-refractivity contribution in [1.82, 2.24) is 9.80 Å². The van der Waals surface area contributed by atoms with Crippen LogP contribution in [0, 0.1) is 10.1 Å². The largest absolute Gasteiger partial charge is 0.492 e. The summed E-state index contributed by atoms with van der Waals surface area (Å²) in [6.45, 7) is 14.3. The number of carbonyl (C=O) groups excluding carboxylic acids is 1. The predicted octanol–water partition coefficient (Wildman–Crippen LogP) is 4.25. The molecule has 1 aliphatic rings. The highest BCUT2D eigenvalue weighted by Crippen LogP contribution is 2.43. The standard InChI is InChI=1S/C25H33N3O5/c1-5-26(6-2)11-13-32-18-9-10-19-20-16-23(28(30)31)24(33-14-12-27(7-3)8-4)17-22(20)25(29)21(19)15-18/h9-10,15-17H,5-8,11-14H2,1-4H3. The second-order valence-electron chi connectivity index (χ2n) is 7.91. The quantitative estimate of drug-likeness (QED) is 0.281. The number of likely N-dealkylation sites (N-methyl/N-ethyl adjacent to an activating group) is 2. The average Bonchev–Trinajstić information content (AvgIpc) is 3.09. The molecule has 0 aliphatic heterocycles. The highest BCUT2D eigenvalue weighted by molar-refractivity contribution is 6.22.